The molecule has 0 unspecified atom stereocenters. The summed E-state index contributed by atoms with van der Waals surface area (Å²) in [6.45, 7) is 3.45. The summed E-state index contributed by atoms with van der Waals surface area (Å²) >= 11 is 0. The minimum atomic E-state index is -1.27. The molecular weight excluding hydrogens is 373 g/mol. The zero-order chi connectivity index (χ0) is 18.2. The monoisotopic (exact) mass is 393 g/mol. The van der Waals surface area contributed by atoms with Gasteiger partial charge in [-0.1, -0.05) is 0 Å². The Balaban J connectivity index is 0.00000180. The fourth-order valence-electron chi connectivity index (χ4n) is 4.69. The molecule has 4 heterocycles. The predicted octanol–water partition coefficient (Wildman–Crippen LogP) is 2.29. The van der Waals surface area contributed by atoms with Crippen molar-refractivity contribution >= 4 is 29.6 Å². The van der Waals surface area contributed by atoms with E-state index in [4.69, 9.17) is 0 Å². The third-order valence-electron chi connectivity index (χ3n) is 6.03. The van der Waals surface area contributed by atoms with Gasteiger partial charge in [0.1, 0.15) is 5.56 Å². The van der Waals surface area contributed by atoms with Gasteiger partial charge in [0.15, 0.2) is 5.82 Å². The molecule has 2 aromatic heterocycles. The molecule has 2 saturated heterocycles. The van der Waals surface area contributed by atoms with Crippen molar-refractivity contribution in [2.45, 2.75) is 44.2 Å². The normalized spacial score (nSPS) is 23.7. The van der Waals surface area contributed by atoms with Crippen LogP contribution in [0.2, 0.25) is 0 Å². The summed E-state index contributed by atoms with van der Waals surface area (Å²) < 4.78 is 16.3. The van der Waals surface area contributed by atoms with Crippen molar-refractivity contribution in [3.05, 3.63) is 45.1 Å². The van der Waals surface area contributed by atoms with E-state index in [1.165, 1.54) is 16.7 Å². The lowest BCUT2D eigenvalue weighted by molar-refractivity contribution is 0.0694. The fourth-order valence-corrected chi connectivity index (χ4v) is 4.69. The number of anilines is 1. The lowest BCUT2D eigenvalue weighted by Crippen LogP contribution is -2.44. The number of nitrogens with one attached hydrogen (secondary N) is 1. The number of nitrogens with zero attached hydrogens (tertiary/aromatic N) is 2. The van der Waals surface area contributed by atoms with Gasteiger partial charge in [0.05, 0.1) is 17.4 Å². The number of aromatic nitrogens is 1. The molecule has 2 bridgehead atoms. The number of aryl methyl sites for hydroxylation is 1. The fraction of sp³-hybridized carbons (Fsp3) is 0.474. The molecule has 0 aromatic carbocycles. The molecular formula is C19H21ClFN3O3. The molecule has 3 aliphatic rings. The first-order valence-corrected chi connectivity index (χ1v) is 9.07. The number of pyridine rings is 2. The maximum Gasteiger partial charge on any atom is 0.341 e. The summed E-state index contributed by atoms with van der Waals surface area (Å²) in [4.78, 5) is 26.2. The zero-order valence-electron chi connectivity index (χ0n) is 14.9. The van der Waals surface area contributed by atoms with Gasteiger partial charge < -0.3 is 15.3 Å². The van der Waals surface area contributed by atoms with Crippen LogP contribution >= 0.6 is 12.4 Å². The Kier molecular flexibility index (Phi) is 4.20. The summed E-state index contributed by atoms with van der Waals surface area (Å²) in [7, 11) is 0. The molecule has 2 atom stereocenters. The van der Waals surface area contributed by atoms with E-state index >= 15 is 4.39 Å². The lowest BCUT2D eigenvalue weighted by atomic mass is 10.0. The molecule has 8 heteroatoms. The first-order valence-electron chi connectivity index (χ1n) is 9.07. The Hall–Kier alpha value is -2.12. The highest BCUT2D eigenvalue weighted by molar-refractivity contribution is 5.89. The molecule has 2 N–H and O–H groups in total. The van der Waals surface area contributed by atoms with Crippen LogP contribution in [-0.4, -0.2) is 40.6 Å². The number of rotatable bonds is 3. The van der Waals surface area contributed by atoms with Crippen LogP contribution in [-0.2, 0) is 0 Å². The average Bonchev–Trinajstić information content (AvgIpc) is 3.22. The second-order valence-electron chi connectivity index (χ2n) is 7.71. The molecule has 0 radical (unpaired) electrons. The summed E-state index contributed by atoms with van der Waals surface area (Å²) in [5.41, 5.74) is 1.85. The number of aromatic carboxylic acids is 1. The van der Waals surface area contributed by atoms with Gasteiger partial charge in [-0.15, -0.1) is 12.4 Å². The summed E-state index contributed by atoms with van der Waals surface area (Å²) in [6, 6.07) is 2.16. The van der Waals surface area contributed by atoms with E-state index in [-0.39, 0.29) is 29.9 Å². The first kappa shape index (κ1) is 18.3. The average molecular weight is 394 g/mol. The van der Waals surface area contributed by atoms with Gasteiger partial charge in [0, 0.05) is 25.2 Å². The number of carboxylic acids is 1. The predicted molar refractivity (Wildman–Crippen MR) is 102 cm³/mol. The Labute approximate surface area is 161 Å². The van der Waals surface area contributed by atoms with Crippen molar-refractivity contribution in [1.29, 1.82) is 0 Å². The highest BCUT2D eigenvalue weighted by Gasteiger charge is 2.40. The molecule has 27 heavy (non-hydrogen) atoms. The van der Waals surface area contributed by atoms with Crippen molar-refractivity contribution in [2.75, 3.05) is 18.0 Å². The van der Waals surface area contributed by atoms with Crippen LogP contribution in [0.3, 0.4) is 0 Å². The third-order valence-corrected chi connectivity index (χ3v) is 6.03. The minimum Gasteiger partial charge on any atom is -0.477 e. The third kappa shape index (κ3) is 2.63. The van der Waals surface area contributed by atoms with E-state index in [9.17, 15) is 14.7 Å². The second kappa shape index (κ2) is 6.21. The molecule has 144 valence electrons. The quantitative estimate of drug-likeness (QED) is 0.837. The summed E-state index contributed by atoms with van der Waals surface area (Å²) in [5.74, 6) is -1.48. The van der Waals surface area contributed by atoms with Crippen molar-refractivity contribution in [3.63, 3.8) is 0 Å². The second-order valence-corrected chi connectivity index (χ2v) is 7.71. The molecule has 1 aliphatic carbocycles. The Morgan fingerprint density at radius 1 is 1.37 bits per heavy atom. The number of carboxylic acid groups (broad SMARTS) is 1. The summed E-state index contributed by atoms with van der Waals surface area (Å²) in [5, 5.41) is 12.8. The van der Waals surface area contributed by atoms with Crippen molar-refractivity contribution in [1.82, 2.24) is 9.72 Å². The van der Waals surface area contributed by atoms with Crippen LogP contribution in [0.5, 0.6) is 0 Å². The molecule has 1 saturated carbocycles. The van der Waals surface area contributed by atoms with Crippen LogP contribution in [0, 0.1) is 12.7 Å². The number of hydrogen-bond acceptors (Lipinski definition) is 4. The van der Waals surface area contributed by atoms with E-state index in [1.807, 2.05) is 6.92 Å². The van der Waals surface area contributed by atoms with Gasteiger partial charge in [0.2, 0.25) is 0 Å². The van der Waals surface area contributed by atoms with Crippen molar-refractivity contribution < 1.29 is 14.3 Å². The van der Waals surface area contributed by atoms with Crippen LogP contribution in [0.15, 0.2) is 17.1 Å². The highest BCUT2D eigenvalue weighted by Crippen LogP contribution is 2.44. The van der Waals surface area contributed by atoms with Crippen molar-refractivity contribution in [3.8, 4) is 0 Å². The van der Waals surface area contributed by atoms with Gasteiger partial charge in [-0.25, -0.2) is 9.18 Å². The Morgan fingerprint density at radius 2 is 2.11 bits per heavy atom. The van der Waals surface area contributed by atoms with E-state index in [0.717, 1.165) is 43.5 Å². The zero-order valence-corrected chi connectivity index (χ0v) is 15.7. The number of piperazine rings is 1. The molecule has 0 spiro atoms. The molecule has 5 rings (SSSR count). The number of fused-ring (bicyclic) bond motifs is 3. The first-order chi connectivity index (χ1) is 12.5. The van der Waals surface area contributed by atoms with E-state index in [1.54, 1.807) is 0 Å². The minimum absolute atomic E-state index is 0. The van der Waals surface area contributed by atoms with E-state index < -0.39 is 17.3 Å². The SMILES string of the molecule is Cc1c(N2C[C@@H]3C[C@H]2CN3)c(F)cn2c(=O)c(C(=O)O)cc(C3CC3)c12.Cl. The van der Waals surface area contributed by atoms with Crippen molar-refractivity contribution in [2.24, 2.45) is 0 Å². The topological polar surface area (TPSA) is 74.0 Å². The van der Waals surface area contributed by atoms with Gasteiger partial charge in [-0.05, 0) is 49.3 Å². The van der Waals surface area contributed by atoms with Gasteiger partial charge in [-0.3, -0.25) is 9.20 Å². The summed E-state index contributed by atoms with van der Waals surface area (Å²) in [6.07, 6.45) is 4.12. The van der Waals surface area contributed by atoms with Gasteiger partial charge >= 0.3 is 5.97 Å². The van der Waals surface area contributed by atoms with E-state index in [2.05, 4.69) is 10.2 Å². The molecule has 6 nitrogen and oxygen atoms in total. The molecule has 2 aliphatic heterocycles. The van der Waals surface area contributed by atoms with Crippen LogP contribution in [0.1, 0.15) is 46.7 Å². The maximum absolute atomic E-state index is 15.0. The van der Waals surface area contributed by atoms with Gasteiger partial charge in [0.25, 0.3) is 5.56 Å². The molecule has 0 amide bonds. The largest absolute Gasteiger partial charge is 0.477 e. The standard InChI is InChI=1S/C19H20FN3O3.ClH/c1-9-16-13(10-2-3-10)5-14(19(25)26)18(24)23(16)8-15(20)17(9)22-7-11-4-12(22)6-21-11;/h5,8,10-12,21H,2-4,6-7H2,1H3,(H,25,26);1H/t11-,12-;/m0./s1. The molecule has 2 aromatic rings. The molecule has 3 fully saturated rings. The Morgan fingerprint density at radius 3 is 2.67 bits per heavy atom. The van der Waals surface area contributed by atoms with Crippen LogP contribution < -0.4 is 15.8 Å². The number of carbonyl (C=O) groups is 1. The van der Waals surface area contributed by atoms with Crippen LogP contribution in [0.4, 0.5) is 10.1 Å². The van der Waals surface area contributed by atoms with E-state index in [0.29, 0.717) is 17.2 Å². The maximum atomic E-state index is 15.0. The lowest BCUT2D eigenvalue weighted by Gasteiger charge is -2.32. The Bertz CT molecular complexity index is 1020. The smallest absolute Gasteiger partial charge is 0.341 e. The number of halogens is 2. The van der Waals surface area contributed by atoms with Crippen LogP contribution in [0.25, 0.3) is 5.52 Å². The number of hydrogen-bond donors (Lipinski definition) is 2. The highest BCUT2D eigenvalue weighted by atomic mass is 35.5. The van der Waals surface area contributed by atoms with Gasteiger partial charge in [-0.2, -0.15) is 0 Å².